The molecule has 0 aliphatic carbocycles. The first-order valence-electron chi connectivity index (χ1n) is 5.98. The molecule has 17 heavy (non-hydrogen) atoms. The van der Waals surface area contributed by atoms with Gasteiger partial charge in [0.05, 0.1) is 7.11 Å². The molecule has 92 valence electrons. The Morgan fingerprint density at radius 1 is 1.29 bits per heavy atom. The molecule has 1 atom stereocenters. The Balaban J connectivity index is 1.86. The van der Waals surface area contributed by atoms with Crippen molar-refractivity contribution in [1.82, 2.24) is 4.90 Å². The normalized spacial score (nSPS) is 19.2. The third-order valence-corrected chi connectivity index (χ3v) is 3.40. The molecule has 2 heterocycles. The zero-order valence-corrected chi connectivity index (χ0v) is 10.2. The Hall–Kier alpha value is -1.42. The third kappa shape index (κ3) is 2.05. The van der Waals surface area contributed by atoms with Crippen LogP contribution in [0, 0.1) is 0 Å². The number of rotatable bonds is 4. The second-order valence-electron chi connectivity index (χ2n) is 4.61. The van der Waals surface area contributed by atoms with Crippen molar-refractivity contribution in [3.05, 3.63) is 17.7 Å². The van der Waals surface area contributed by atoms with E-state index in [9.17, 15) is 0 Å². The molecule has 2 aliphatic heterocycles. The third-order valence-electron chi connectivity index (χ3n) is 3.40. The molecule has 0 spiro atoms. The van der Waals surface area contributed by atoms with Crippen molar-refractivity contribution in [2.45, 2.75) is 19.4 Å². The zero-order valence-electron chi connectivity index (χ0n) is 10.2. The smallest absolute Gasteiger partial charge is 0.231 e. The van der Waals surface area contributed by atoms with Gasteiger partial charge < -0.3 is 14.2 Å². The number of hydrogen-bond acceptors (Lipinski definition) is 4. The Bertz CT molecular complexity index is 429. The summed E-state index contributed by atoms with van der Waals surface area (Å²) in [6, 6.07) is 4.53. The maximum absolute atomic E-state index is 5.42. The van der Waals surface area contributed by atoms with Gasteiger partial charge in [0, 0.05) is 25.2 Å². The van der Waals surface area contributed by atoms with E-state index in [2.05, 4.69) is 11.8 Å². The van der Waals surface area contributed by atoms with Gasteiger partial charge in [-0.15, -0.1) is 0 Å². The fraction of sp³-hybridized carbons (Fsp3) is 0.538. The van der Waals surface area contributed by atoms with Gasteiger partial charge in [0.15, 0.2) is 11.5 Å². The van der Waals surface area contributed by atoms with Gasteiger partial charge in [-0.1, -0.05) is 0 Å². The molecule has 0 aromatic heterocycles. The predicted molar refractivity (Wildman–Crippen MR) is 63.9 cm³/mol. The van der Waals surface area contributed by atoms with E-state index in [1.165, 1.54) is 18.7 Å². The van der Waals surface area contributed by atoms with Crippen LogP contribution in [0.25, 0.3) is 0 Å². The number of fused-ring (bicyclic) bond motifs is 1. The molecule has 4 nitrogen and oxygen atoms in total. The second-order valence-corrected chi connectivity index (χ2v) is 4.61. The summed E-state index contributed by atoms with van der Waals surface area (Å²) in [5.74, 6) is 2.51. The summed E-state index contributed by atoms with van der Waals surface area (Å²) in [7, 11) is 1.70. The van der Waals surface area contributed by atoms with Crippen LogP contribution in [-0.4, -0.2) is 37.9 Å². The Kier molecular flexibility index (Phi) is 2.59. The van der Waals surface area contributed by atoms with Crippen LogP contribution in [0.3, 0.4) is 0 Å². The highest BCUT2D eigenvalue weighted by atomic mass is 16.7. The van der Waals surface area contributed by atoms with Gasteiger partial charge in [-0.05, 0) is 25.0 Å². The minimum Gasteiger partial charge on any atom is -0.496 e. The summed E-state index contributed by atoms with van der Waals surface area (Å²) in [5, 5.41) is 0. The summed E-state index contributed by atoms with van der Waals surface area (Å²) in [4.78, 5) is 2.43. The highest BCUT2D eigenvalue weighted by molar-refractivity contribution is 5.52. The highest BCUT2D eigenvalue weighted by Crippen LogP contribution is 2.38. The molecule has 1 aromatic rings. The standard InChI is InChI=1S/C13H17NO3/c1-9(14-3-4-14)5-10-6-12-13(17-8-16-12)7-11(10)15-2/h6-7,9H,3-5,8H2,1-2H3. The topological polar surface area (TPSA) is 30.7 Å². The number of benzene rings is 1. The van der Waals surface area contributed by atoms with Crippen molar-refractivity contribution in [2.75, 3.05) is 27.0 Å². The van der Waals surface area contributed by atoms with Crippen LogP contribution in [-0.2, 0) is 6.42 Å². The largest absolute Gasteiger partial charge is 0.496 e. The summed E-state index contributed by atoms with van der Waals surface area (Å²) in [6.45, 7) is 4.99. The summed E-state index contributed by atoms with van der Waals surface area (Å²) >= 11 is 0. The van der Waals surface area contributed by atoms with Crippen molar-refractivity contribution in [3.63, 3.8) is 0 Å². The number of nitrogens with zero attached hydrogens (tertiary/aromatic N) is 1. The molecule has 0 amide bonds. The Morgan fingerprint density at radius 2 is 2.00 bits per heavy atom. The number of ether oxygens (including phenoxy) is 3. The van der Waals surface area contributed by atoms with Gasteiger partial charge >= 0.3 is 0 Å². The summed E-state index contributed by atoms with van der Waals surface area (Å²) < 4.78 is 16.2. The fourth-order valence-electron chi connectivity index (χ4n) is 2.26. The molecule has 1 fully saturated rings. The lowest BCUT2D eigenvalue weighted by molar-refractivity contribution is 0.174. The number of methoxy groups -OCH3 is 1. The van der Waals surface area contributed by atoms with Crippen molar-refractivity contribution in [1.29, 1.82) is 0 Å². The molecule has 4 heteroatoms. The van der Waals surface area contributed by atoms with Crippen molar-refractivity contribution >= 4 is 0 Å². The molecule has 2 aliphatic rings. The number of hydrogen-bond donors (Lipinski definition) is 0. The van der Waals surface area contributed by atoms with Gasteiger partial charge in [0.1, 0.15) is 5.75 Å². The molecule has 3 rings (SSSR count). The van der Waals surface area contributed by atoms with Crippen molar-refractivity contribution in [3.8, 4) is 17.2 Å². The lowest BCUT2D eigenvalue weighted by Gasteiger charge is -2.15. The van der Waals surface area contributed by atoms with E-state index in [1.54, 1.807) is 7.11 Å². The molecule has 1 saturated heterocycles. The van der Waals surface area contributed by atoms with Gasteiger partial charge in [-0.2, -0.15) is 0 Å². The molecule has 0 bridgehead atoms. The monoisotopic (exact) mass is 235 g/mol. The zero-order chi connectivity index (χ0) is 11.8. The van der Waals surface area contributed by atoms with E-state index in [-0.39, 0.29) is 0 Å². The van der Waals surface area contributed by atoms with E-state index in [1.807, 2.05) is 12.1 Å². The molecular formula is C13H17NO3. The molecule has 1 aromatic carbocycles. The van der Waals surface area contributed by atoms with Gasteiger partial charge in [0.25, 0.3) is 0 Å². The molecule has 1 unspecified atom stereocenters. The second kappa shape index (κ2) is 4.11. The van der Waals surface area contributed by atoms with Crippen LogP contribution in [0.2, 0.25) is 0 Å². The van der Waals surface area contributed by atoms with Crippen LogP contribution >= 0.6 is 0 Å². The van der Waals surface area contributed by atoms with Gasteiger partial charge in [0.2, 0.25) is 6.79 Å². The maximum Gasteiger partial charge on any atom is 0.231 e. The van der Waals surface area contributed by atoms with Crippen LogP contribution in [0.5, 0.6) is 17.2 Å². The quantitative estimate of drug-likeness (QED) is 0.743. The SMILES string of the molecule is COc1cc2c(cc1CC(C)N1CC1)OCO2. The Morgan fingerprint density at radius 3 is 2.65 bits per heavy atom. The van der Waals surface area contributed by atoms with E-state index < -0.39 is 0 Å². The van der Waals surface area contributed by atoms with Crippen LogP contribution < -0.4 is 14.2 Å². The molecule has 0 N–H and O–H groups in total. The maximum atomic E-state index is 5.42. The first kappa shape index (κ1) is 10.7. The fourth-order valence-corrected chi connectivity index (χ4v) is 2.26. The van der Waals surface area contributed by atoms with E-state index >= 15 is 0 Å². The molecule has 0 radical (unpaired) electrons. The van der Waals surface area contributed by atoms with Crippen LogP contribution in [0.15, 0.2) is 12.1 Å². The first-order valence-corrected chi connectivity index (χ1v) is 5.98. The van der Waals surface area contributed by atoms with E-state index in [0.717, 1.165) is 23.7 Å². The van der Waals surface area contributed by atoms with Crippen LogP contribution in [0.4, 0.5) is 0 Å². The predicted octanol–water partition coefficient (Wildman–Crippen LogP) is 1.67. The summed E-state index contributed by atoms with van der Waals surface area (Å²) in [5.41, 5.74) is 1.19. The minimum absolute atomic E-state index is 0.309. The lowest BCUT2D eigenvalue weighted by atomic mass is 10.1. The lowest BCUT2D eigenvalue weighted by Crippen LogP contribution is -2.17. The average Bonchev–Trinajstić information content (AvgIpc) is 3.08. The summed E-state index contributed by atoms with van der Waals surface area (Å²) in [6.07, 6.45) is 0.986. The van der Waals surface area contributed by atoms with Crippen molar-refractivity contribution < 1.29 is 14.2 Å². The average molecular weight is 235 g/mol. The Labute approximate surface area is 101 Å². The van der Waals surface area contributed by atoms with E-state index in [4.69, 9.17) is 14.2 Å². The van der Waals surface area contributed by atoms with Crippen LogP contribution in [0.1, 0.15) is 12.5 Å². The molecule has 0 saturated carbocycles. The van der Waals surface area contributed by atoms with Crippen molar-refractivity contribution in [2.24, 2.45) is 0 Å². The highest BCUT2D eigenvalue weighted by Gasteiger charge is 2.26. The van der Waals surface area contributed by atoms with Gasteiger partial charge in [-0.3, -0.25) is 4.90 Å². The molecular weight excluding hydrogens is 218 g/mol. The first-order chi connectivity index (χ1) is 8.28. The van der Waals surface area contributed by atoms with E-state index in [0.29, 0.717) is 12.8 Å². The van der Waals surface area contributed by atoms with Gasteiger partial charge in [-0.25, -0.2) is 0 Å². The minimum atomic E-state index is 0.309.